The molecule has 130 valence electrons. The number of rotatable bonds is 5. The summed E-state index contributed by atoms with van der Waals surface area (Å²) >= 11 is 0. The van der Waals surface area contributed by atoms with Gasteiger partial charge in [0.2, 0.25) is 16.0 Å². The van der Waals surface area contributed by atoms with E-state index in [-0.39, 0.29) is 11.8 Å². The zero-order valence-corrected chi connectivity index (χ0v) is 14.7. The third-order valence-corrected chi connectivity index (χ3v) is 6.22. The fourth-order valence-electron chi connectivity index (χ4n) is 2.90. The summed E-state index contributed by atoms with van der Waals surface area (Å²) in [6, 6.07) is 12.6. The fraction of sp³-hybridized carbons (Fsp3) is 0.353. The Kier molecular flexibility index (Phi) is 4.97. The molecule has 2 heterocycles. The van der Waals surface area contributed by atoms with E-state index in [1.807, 2.05) is 41.3 Å². The molecule has 0 bridgehead atoms. The number of benzene rings is 1. The first-order valence-electron chi connectivity index (χ1n) is 7.97. The highest BCUT2D eigenvalue weighted by Gasteiger charge is 2.33. The summed E-state index contributed by atoms with van der Waals surface area (Å²) in [6.07, 6.45) is 2.24. The van der Waals surface area contributed by atoms with Gasteiger partial charge in [0.05, 0.1) is 5.75 Å². The average molecular weight is 357 g/mol. The first-order chi connectivity index (χ1) is 12.0. The molecule has 1 aromatic carbocycles. The van der Waals surface area contributed by atoms with Crippen LogP contribution in [-0.4, -0.2) is 48.9 Å². The topological polar surface area (TPSA) is 90.2 Å². The molecule has 1 unspecified atom stereocenters. The zero-order valence-electron chi connectivity index (χ0n) is 13.9. The van der Waals surface area contributed by atoms with Crippen molar-refractivity contribution in [1.29, 1.82) is 5.26 Å². The van der Waals surface area contributed by atoms with Crippen molar-refractivity contribution in [2.75, 3.05) is 25.0 Å². The summed E-state index contributed by atoms with van der Waals surface area (Å²) in [7, 11) is -1.78. The van der Waals surface area contributed by atoms with Crippen LogP contribution in [0.15, 0.2) is 42.6 Å². The molecule has 0 spiro atoms. The van der Waals surface area contributed by atoms with E-state index in [2.05, 4.69) is 9.97 Å². The molecule has 3 rings (SSSR count). The lowest BCUT2D eigenvalue weighted by molar-refractivity contribution is 0.389. The van der Waals surface area contributed by atoms with E-state index in [4.69, 9.17) is 5.26 Å². The predicted molar refractivity (Wildman–Crippen MR) is 94.2 cm³/mol. The molecule has 1 fully saturated rings. The smallest absolute Gasteiger partial charge is 0.226 e. The van der Waals surface area contributed by atoms with Gasteiger partial charge in [0.15, 0.2) is 0 Å². The van der Waals surface area contributed by atoms with Crippen molar-refractivity contribution in [3.8, 4) is 6.07 Å². The van der Waals surface area contributed by atoms with E-state index in [1.54, 1.807) is 19.3 Å². The lowest BCUT2D eigenvalue weighted by Gasteiger charge is -2.24. The van der Waals surface area contributed by atoms with Gasteiger partial charge in [-0.25, -0.2) is 18.4 Å². The van der Waals surface area contributed by atoms with Gasteiger partial charge in [-0.2, -0.15) is 9.57 Å². The van der Waals surface area contributed by atoms with Gasteiger partial charge in [-0.15, -0.1) is 0 Å². The van der Waals surface area contributed by atoms with Crippen LogP contribution in [0.4, 0.5) is 5.95 Å². The van der Waals surface area contributed by atoms with Crippen molar-refractivity contribution in [2.24, 2.45) is 0 Å². The molecule has 8 heteroatoms. The predicted octanol–water partition coefficient (Wildman–Crippen LogP) is 1.39. The Balaban J connectivity index is 1.69. The Bertz CT molecular complexity index is 879. The Morgan fingerprint density at radius 3 is 2.80 bits per heavy atom. The third kappa shape index (κ3) is 3.95. The van der Waals surface area contributed by atoms with Gasteiger partial charge in [0.1, 0.15) is 11.8 Å². The maximum atomic E-state index is 12.7. The van der Waals surface area contributed by atoms with Crippen LogP contribution < -0.4 is 4.90 Å². The summed E-state index contributed by atoms with van der Waals surface area (Å²) in [5.41, 5.74) is 1.08. The molecule has 25 heavy (non-hydrogen) atoms. The maximum absolute atomic E-state index is 12.7. The number of anilines is 1. The Hall–Kier alpha value is -2.50. The second-order valence-electron chi connectivity index (χ2n) is 6.00. The van der Waals surface area contributed by atoms with Crippen LogP contribution >= 0.6 is 0 Å². The number of nitrogens with zero attached hydrogens (tertiary/aromatic N) is 5. The molecular formula is C17H19N5O2S. The van der Waals surface area contributed by atoms with Gasteiger partial charge in [-0.05, 0) is 18.1 Å². The van der Waals surface area contributed by atoms with Crippen molar-refractivity contribution in [3.05, 3.63) is 53.9 Å². The van der Waals surface area contributed by atoms with E-state index in [0.29, 0.717) is 31.2 Å². The molecule has 0 saturated carbocycles. The van der Waals surface area contributed by atoms with E-state index >= 15 is 0 Å². The van der Waals surface area contributed by atoms with Crippen molar-refractivity contribution < 1.29 is 8.42 Å². The Morgan fingerprint density at radius 2 is 2.08 bits per heavy atom. The second kappa shape index (κ2) is 7.17. The molecule has 1 saturated heterocycles. The van der Waals surface area contributed by atoms with Crippen molar-refractivity contribution in [2.45, 2.75) is 18.2 Å². The summed E-state index contributed by atoms with van der Waals surface area (Å²) in [4.78, 5) is 10.3. The molecule has 2 aromatic rings. The lowest BCUT2D eigenvalue weighted by Crippen LogP contribution is -2.39. The summed E-state index contributed by atoms with van der Waals surface area (Å²) in [6.45, 7) is 1.17. The van der Waals surface area contributed by atoms with E-state index in [9.17, 15) is 8.42 Å². The van der Waals surface area contributed by atoms with Gasteiger partial charge in [0, 0.05) is 32.4 Å². The van der Waals surface area contributed by atoms with Crippen LogP contribution in [0.1, 0.15) is 17.7 Å². The summed E-state index contributed by atoms with van der Waals surface area (Å²) < 4.78 is 26.8. The molecular weight excluding hydrogens is 338 g/mol. The van der Waals surface area contributed by atoms with Crippen molar-refractivity contribution in [1.82, 2.24) is 14.3 Å². The van der Waals surface area contributed by atoms with Gasteiger partial charge in [-0.3, -0.25) is 0 Å². The lowest BCUT2D eigenvalue weighted by atomic mass is 10.2. The Morgan fingerprint density at radius 1 is 1.32 bits per heavy atom. The van der Waals surface area contributed by atoms with Gasteiger partial charge < -0.3 is 4.90 Å². The van der Waals surface area contributed by atoms with Crippen LogP contribution in [0.2, 0.25) is 0 Å². The third-order valence-electron chi connectivity index (χ3n) is 4.35. The number of hydrogen-bond donors (Lipinski definition) is 0. The fourth-order valence-corrected chi connectivity index (χ4v) is 4.34. The van der Waals surface area contributed by atoms with Gasteiger partial charge >= 0.3 is 0 Å². The minimum atomic E-state index is -3.40. The molecule has 1 aliphatic heterocycles. The summed E-state index contributed by atoms with van der Waals surface area (Å²) in [5, 5.41) is 8.95. The minimum absolute atomic E-state index is 0.0126. The standard InChI is InChI=1S/C17H19N5O2S/c1-21(25(23,24)13-14-5-3-2-4-6-14)16-8-10-22(12-16)17-19-9-7-15(11-18)20-17/h2-7,9,16H,8,10,12-13H2,1H3. The van der Waals surface area contributed by atoms with Crippen molar-refractivity contribution >= 4 is 16.0 Å². The minimum Gasteiger partial charge on any atom is -0.339 e. The first kappa shape index (κ1) is 17.3. The average Bonchev–Trinajstić information content (AvgIpc) is 3.11. The molecule has 1 aliphatic rings. The number of nitriles is 1. The molecule has 1 aromatic heterocycles. The summed E-state index contributed by atoms with van der Waals surface area (Å²) in [5.74, 6) is 0.455. The molecule has 0 aliphatic carbocycles. The Labute approximate surface area is 147 Å². The number of hydrogen-bond acceptors (Lipinski definition) is 6. The maximum Gasteiger partial charge on any atom is 0.226 e. The highest BCUT2D eigenvalue weighted by atomic mass is 32.2. The molecule has 0 N–H and O–H groups in total. The second-order valence-corrected chi connectivity index (χ2v) is 8.03. The number of sulfonamides is 1. The van der Waals surface area contributed by atoms with Crippen LogP contribution in [0.3, 0.4) is 0 Å². The monoisotopic (exact) mass is 357 g/mol. The van der Waals surface area contributed by atoms with E-state index in [0.717, 1.165) is 5.56 Å². The molecule has 0 amide bonds. The highest BCUT2D eigenvalue weighted by molar-refractivity contribution is 7.88. The van der Waals surface area contributed by atoms with E-state index in [1.165, 1.54) is 4.31 Å². The largest absolute Gasteiger partial charge is 0.339 e. The van der Waals surface area contributed by atoms with Crippen LogP contribution in [0.25, 0.3) is 0 Å². The van der Waals surface area contributed by atoms with E-state index < -0.39 is 10.0 Å². The quantitative estimate of drug-likeness (QED) is 0.803. The first-order valence-corrected chi connectivity index (χ1v) is 9.58. The highest BCUT2D eigenvalue weighted by Crippen LogP contribution is 2.22. The molecule has 0 radical (unpaired) electrons. The van der Waals surface area contributed by atoms with Crippen LogP contribution in [0.5, 0.6) is 0 Å². The van der Waals surface area contributed by atoms with Crippen LogP contribution in [-0.2, 0) is 15.8 Å². The van der Waals surface area contributed by atoms with Gasteiger partial charge in [-0.1, -0.05) is 30.3 Å². The van der Waals surface area contributed by atoms with Gasteiger partial charge in [0.25, 0.3) is 0 Å². The van der Waals surface area contributed by atoms with Crippen LogP contribution in [0, 0.1) is 11.3 Å². The molecule has 1 atom stereocenters. The normalized spacial score (nSPS) is 17.6. The SMILES string of the molecule is CN(C1CCN(c2nccc(C#N)n2)C1)S(=O)(=O)Cc1ccccc1. The number of likely N-dealkylation sites (N-methyl/N-ethyl adjacent to an activating group) is 1. The zero-order chi connectivity index (χ0) is 17.9. The van der Waals surface area contributed by atoms with Crippen molar-refractivity contribution in [3.63, 3.8) is 0 Å². The number of aromatic nitrogens is 2. The molecule has 7 nitrogen and oxygen atoms in total.